The lowest BCUT2D eigenvalue weighted by molar-refractivity contribution is -0.385. The number of aliphatic hydroxyl groups is 1. The molecule has 0 radical (unpaired) electrons. The molecule has 1 amide bonds. The van der Waals surface area contributed by atoms with Crippen molar-refractivity contribution in [1.82, 2.24) is 9.88 Å². The summed E-state index contributed by atoms with van der Waals surface area (Å²) in [7, 11) is 1.56. The molecule has 1 fully saturated rings. The summed E-state index contributed by atoms with van der Waals surface area (Å²) in [5.74, 6) is -1.62. The second-order valence-corrected chi connectivity index (χ2v) is 9.12. The third-order valence-corrected chi connectivity index (χ3v) is 6.91. The molecule has 1 saturated heterocycles. The Hall–Kier alpha value is -5.52. The molecule has 4 aromatic rings. The van der Waals surface area contributed by atoms with E-state index in [4.69, 9.17) is 4.74 Å². The van der Waals surface area contributed by atoms with Gasteiger partial charge < -0.3 is 19.7 Å². The number of likely N-dealkylation sites (tertiary alicyclic amines) is 1. The van der Waals surface area contributed by atoms with E-state index in [-0.39, 0.29) is 29.1 Å². The molecule has 1 aliphatic heterocycles. The number of Topliss-reactive ketones (excluding diaryl/α,β-unsaturated/α-hetero) is 1. The van der Waals surface area contributed by atoms with Crippen LogP contribution in [0.15, 0.2) is 78.5 Å². The number of carbonyl (C=O) groups is 2. The average Bonchev–Trinajstić information content (AvgIpc) is 3.48. The number of hydrogen-bond acceptors (Lipinski definition) is 8. The fourth-order valence-corrected chi connectivity index (χ4v) is 4.86. The molecule has 12 nitrogen and oxygen atoms in total. The molecule has 40 heavy (non-hydrogen) atoms. The number of aromatic nitrogens is 1. The van der Waals surface area contributed by atoms with Crippen LogP contribution in [-0.4, -0.2) is 50.2 Å². The number of nitrogens with one attached hydrogen (secondary N) is 1. The Kier molecular flexibility index (Phi) is 6.74. The van der Waals surface area contributed by atoms with Gasteiger partial charge in [0.1, 0.15) is 11.5 Å². The van der Waals surface area contributed by atoms with Gasteiger partial charge >= 0.3 is 0 Å². The maximum atomic E-state index is 13.3. The van der Waals surface area contributed by atoms with Gasteiger partial charge in [-0.25, -0.2) is 0 Å². The van der Waals surface area contributed by atoms with E-state index in [0.717, 1.165) is 16.5 Å². The minimum absolute atomic E-state index is 0.0907. The molecule has 1 atom stereocenters. The molecule has 5 rings (SSSR count). The predicted molar refractivity (Wildman–Crippen MR) is 144 cm³/mol. The average molecular weight is 543 g/mol. The minimum atomic E-state index is -1.05. The number of aromatic amines is 1. The van der Waals surface area contributed by atoms with Gasteiger partial charge in [-0.1, -0.05) is 0 Å². The smallest absolute Gasteiger partial charge is 0.295 e. The molecule has 1 aliphatic rings. The number of benzene rings is 3. The van der Waals surface area contributed by atoms with Gasteiger partial charge in [-0.05, 0) is 60.0 Å². The summed E-state index contributed by atoms with van der Waals surface area (Å²) in [5.41, 5.74) is 1.63. The van der Waals surface area contributed by atoms with Crippen LogP contribution in [0.25, 0.3) is 16.7 Å². The topological polar surface area (TPSA) is 169 Å². The summed E-state index contributed by atoms with van der Waals surface area (Å²) in [5, 5.41) is 34.3. The molecular weight excluding hydrogens is 520 g/mol. The fraction of sp³-hybridized carbons (Fsp3) is 0.143. The zero-order valence-electron chi connectivity index (χ0n) is 21.1. The number of rotatable bonds is 8. The number of fused-ring (bicyclic) bond motifs is 1. The Morgan fingerprint density at radius 2 is 1.60 bits per heavy atom. The van der Waals surface area contributed by atoms with Crippen LogP contribution in [0.1, 0.15) is 22.7 Å². The summed E-state index contributed by atoms with van der Waals surface area (Å²) in [4.78, 5) is 52.1. The van der Waals surface area contributed by atoms with Gasteiger partial charge in [0, 0.05) is 53.5 Å². The van der Waals surface area contributed by atoms with Crippen molar-refractivity contribution < 1.29 is 29.3 Å². The monoisotopic (exact) mass is 542 g/mol. The number of nitrogens with zero attached hydrogens (tertiary/aromatic N) is 3. The van der Waals surface area contributed by atoms with E-state index < -0.39 is 33.3 Å². The van der Waals surface area contributed by atoms with E-state index in [9.17, 15) is 34.9 Å². The SMILES string of the molecule is COc1ccc2[nH]cc(CCN3C(=O)C(=O)/C(=C(\O)c4ccc([N+](=O)[O-])cc4)C3c3ccc([N+](=O)[O-])cc3)c2c1. The van der Waals surface area contributed by atoms with Crippen LogP contribution in [-0.2, 0) is 16.0 Å². The third-order valence-electron chi connectivity index (χ3n) is 6.91. The van der Waals surface area contributed by atoms with Crippen LogP contribution in [0.5, 0.6) is 5.75 Å². The highest BCUT2D eigenvalue weighted by atomic mass is 16.6. The Morgan fingerprint density at radius 1 is 0.975 bits per heavy atom. The van der Waals surface area contributed by atoms with Crippen molar-refractivity contribution in [3.05, 3.63) is 115 Å². The maximum absolute atomic E-state index is 13.3. The highest BCUT2D eigenvalue weighted by Gasteiger charge is 2.46. The van der Waals surface area contributed by atoms with E-state index in [1.807, 2.05) is 18.2 Å². The van der Waals surface area contributed by atoms with Crippen LogP contribution < -0.4 is 4.74 Å². The summed E-state index contributed by atoms with van der Waals surface area (Å²) in [6.45, 7) is 0.0907. The van der Waals surface area contributed by atoms with Crippen molar-refractivity contribution in [2.45, 2.75) is 12.5 Å². The number of carbonyl (C=O) groups excluding carboxylic acids is 2. The molecular formula is C28H22N4O8. The highest BCUT2D eigenvalue weighted by Crippen LogP contribution is 2.40. The van der Waals surface area contributed by atoms with Crippen LogP contribution in [0.3, 0.4) is 0 Å². The summed E-state index contributed by atoms with van der Waals surface area (Å²) in [6.07, 6.45) is 2.15. The molecule has 3 aromatic carbocycles. The van der Waals surface area contributed by atoms with E-state index in [1.54, 1.807) is 13.3 Å². The van der Waals surface area contributed by atoms with E-state index in [1.165, 1.54) is 53.4 Å². The lowest BCUT2D eigenvalue weighted by Crippen LogP contribution is -2.31. The second-order valence-electron chi connectivity index (χ2n) is 9.12. The van der Waals surface area contributed by atoms with Gasteiger partial charge in [-0.15, -0.1) is 0 Å². The number of H-pyrrole nitrogens is 1. The third kappa shape index (κ3) is 4.62. The largest absolute Gasteiger partial charge is 0.507 e. The standard InChI is InChI=1S/C28H22N4O8/c1-40-21-10-11-23-22(14-21)18(15-29-23)12-13-30-25(16-2-6-19(7-3-16)31(36)37)24(27(34)28(30)35)26(33)17-4-8-20(9-5-17)32(38)39/h2-11,14-15,25,29,33H,12-13H2,1H3/b26-24-. The molecule has 0 bridgehead atoms. The Balaban J connectivity index is 1.56. The summed E-state index contributed by atoms with van der Waals surface area (Å²) >= 11 is 0. The molecule has 202 valence electrons. The first-order valence-corrected chi connectivity index (χ1v) is 12.1. The van der Waals surface area contributed by atoms with Crippen molar-refractivity contribution in [2.75, 3.05) is 13.7 Å². The number of ketones is 1. The van der Waals surface area contributed by atoms with Gasteiger partial charge in [0.15, 0.2) is 0 Å². The normalized spacial score (nSPS) is 16.4. The number of amides is 1. The van der Waals surface area contributed by atoms with Crippen LogP contribution in [0.4, 0.5) is 11.4 Å². The molecule has 2 heterocycles. The van der Waals surface area contributed by atoms with Gasteiger partial charge in [-0.2, -0.15) is 0 Å². The summed E-state index contributed by atoms with van der Waals surface area (Å²) < 4.78 is 5.32. The number of ether oxygens (including phenoxy) is 1. The zero-order valence-corrected chi connectivity index (χ0v) is 21.1. The predicted octanol–water partition coefficient (Wildman–Crippen LogP) is 4.66. The first-order chi connectivity index (χ1) is 19.2. The van der Waals surface area contributed by atoms with E-state index in [0.29, 0.717) is 17.7 Å². The number of nitro benzene ring substituents is 2. The number of methoxy groups -OCH3 is 1. The van der Waals surface area contributed by atoms with Crippen molar-refractivity contribution in [3.8, 4) is 5.75 Å². The van der Waals surface area contributed by atoms with Crippen molar-refractivity contribution >= 4 is 39.7 Å². The van der Waals surface area contributed by atoms with Gasteiger partial charge in [0.05, 0.1) is 28.6 Å². The minimum Gasteiger partial charge on any atom is -0.507 e. The fourth-order valence-electron chi connectivity index (χ4n) is 4.86. The number of non-ortho nitro benzene ring substituents is 2. The molecule has 0 spiro atoms. The molecule has 1 unspecified atom stereocenters. The lowest BCUT2D eigenvalue weighted by atomic mass is 9.95. The molecule has 12 heteroatoms. The Morgan fingerprint density at radius 3 is 2.20 bits per heavy atom. The second kappa shape index (κ2) is 10.3. The van der Waals surface area contributed by atoms with Gasteiger partial charge in [-0.3, -0.25) is 29.8 Å². The van der Waals surface area contributed by atoms with Crippen molar-refractivity contribution in [3.63, 3.8) is 0 Å². The first kappa shape index (κ1) is 26.1. The Bertz CT molecular complexity index is 1690. The first-order valence-electron chi connectivity index (χ1n) is 12.1. The van der Waals surface area contributed by atoms with Crippen LogP contribution in [0.2, 0.25) is 0 Å². The van der Waals surface area contributed by atoms with E-state index >= 15 is 0 Å². The number of nitro groups is 2. The molecule has 0 aliphatic carbocycles. The van der Waals surface area contributed by atoms with Gasteiger partial charge in [0.25, 0.3) is 23.1 Å². The number of aliphatic hydroxyl groups excluding tert-OH is 1. The van der Waals surface area contributed by atoms with Crippen LogP contribution in [0, 0.1) is 20.2 Å². The van der Waals surface area contributed by atoms with Crippen molar-refractivity contribution in [2.24, 2.45) is 0 Å². The Labute approximate surface area is 226 Å². The molecule has 0 saturated carbocycles. The highest BCUT2D eigenvalue weighted by molar-refractivity contribution is 6.46. The summed E-state index contributed by atoms with van der Waals surface area (Å²) in [6, 6.07) is 14.8. The zero-order chi connectivity index (χ0) is 28.6. The maximum Gasteiger partial charge on any atom is 0.295 e. The molecule has 2 N–H and O–H groups in total. The van der Waals surface area contributed by atoms with Crippen molar-refractivity contribution in [1.29, 1.82) is 0 Å². The quantitative estimate of drug-likeness (QED) is 0.106. The van der Waals surface area contributed by atoms with E-state index in [2.05, 4.69) is 4.98 Å². The lowest BCUT2D eigenvalue weighted by Gasteiger charge is -2.25. The number of hydrogen-bond donors (Lipinski definition) is 2. The van der Waals surface area contributed by atoms with Crippen LogP contribution >= 0.6 is 0 Å². The molecule has 1 aromatic heterocycles. The van der Waals surface area contributed by atoms with Gasteiger partial charge in [0.2, 0.25) is 0 Å².